The van der Waals surface area contributed by atoms with Gasteiger partial charge in [0, 0.05) is 19.5 Å². The maximum Gasteiger partial charge on any atom is 0.429 e. The Morgan fingerprint density at radius 1 is 1.41 bits per heavy atom. The number of carbonyl (C=O) groups is 1. The van der Waals surface area contributed by atoms with Gasteiger partial charge in [-0.05, 0) is 37.3 Å². The predicted octanol–water partition coefficient (Wildman–Crippen LogP) is 5.46. The summed E-state index contributed by atoms with van der Waals surface area (Å²) in [5.74, 6) is 0.579. The number of aliphatic imine (C=N–C) groups is 1. The van der Waals surface area contributed by atoms with Gasteiger partial charge in [0.25, 0.3) is 5.91 Å². The summed E-state index contributed by atoms with van der Waals surface area (Å²) in [6, 6.07) is 4.93. The van der Waals surface area contributed by atoms with E-state index < -0.39 is 11.9 Å². The molecule has 0 radical (unpaired) electrons. The zero-order valence-electron chi connectivity index (χ0n) is 16.6. The highest BCUT2D eigenvalue weighted by atomic mass is 35.5. The Hall–Kier alpha value is -2.02. The van der Waals surface area contributed by atoms with E-state index in [0.29, 0.717) is 23.8 Å². The summed E-state index contributed by atoms with van der Waals surface area (Å²) in [7, 11) is 1.47. The standard InChI is InChI=1S/C21H26ClF3N2O2/c1-3-26-18(21(23,24)25)9-4-6-15(12-14-10-11-14)13-27-20(28)16-7-5-8-17(29-2)19(16)22/h4-8,14-15H,3,9-13H2,1-2H3,(H,27,28). The maximum atomic E-state index is 12.9. The lowest BCUT2D eigenvalue weighted by molar-refractivity contribution is -0.0601. The first-order valence-corrected chi connectivity index (χ1v) is 10.0. The van der Waals surface area contributed by atoms with Crippen molar-refractivity contribution < 1.29 is 22.7 Å². The summed E-state index contributed by atoms with van der Waals surface area (Å²) in [5.41, 5.74) is -0.483. The number of amides is 1. The fraction of sp³-hybridized carbons (Fsp3) is 0.524. The topological polar surface area (TPSA) is 50.7 Å². The second-order valence-electron chi connectivity index (χ2n) is 7.02. The Kier molecular flexibility index (Phi) is 8.56. The lowest BCUT2D eigenvalue weighted by atomic mass is 10.0. The summed E-state index contributed by atoms with van der Waals surface area (Å²) in [4.78, 5) is 16.0. The second-order valence-corrected chi connectivity index (χ2v) is 7.40. The van der Waals surface area contributed by atoms with E-state index in [1.165, 1.54) is 13.2 Å². The molecule has 29 heavy (non-hydrogen) atoms. The number of nitrogens with one attached hydrogen (secondary N) is 1. The molecule has 2 rings (SSSR count). The molecule has 0 bridgehead atoms. The molecule has 0 heterocycles. The van der Waals surface area contributed by atoms with Crippen molar-refractivity contribution in [2.75, 3.05) is 20.2 Å². The highest BCUT2D eigenvalue weighted by Gasteiger charge is 2.34. The van der Waals surface area contributed by atoms with E-state index in [-0.39, 0.29) is 29.8 Å². The molecule has 1 aliphatic rings. The van der Waals surface area contributed by atoms with Crippen LogP contribution in [0.25, 0.3) is 0 Å². The van der Waals surface area contributed by atoms with Gasteiger partial charge in [-0.3, -0.25) is 9.79 Å². The number of alkyl halides is 3. The Morgan fingerprint density at radius 2 is 2.14 bits per heavy atom. The number of ether oxygens (including phenoxy) is 1. The van der Waals surface area contributed by atoms with Gasteiger partial charge in [0.1, 0.15) is 11.5 Å². The number of halogens is 4. The Morgan fingerprint density at radius 3 is 2.72 bits per heavy atom. The largest absolute Gasteiger partial charge is 0.495 e. The predicted molar refractivity (Wildman–Crippen MR) is 109 cm³/mol. The average Bonchev–Trinajstić information content (AvgIpc) is 3.48. The van der Waals surface area contributed by atoms with Crippen molar-refractivity contribution in [2.24, 2.45) is 16.8 Å². The second kappa shape index (κ2) is 10.7. The third-order valence-electron chi connectivity index (χ3n) is 4.68. The van der Waals surface area contributed by atoms with Crippen LogP contribution in [0.15, 0.2) is 35.3 Å². The van der Waals surface area contributed by atoms with Gasteiger partial charge in [0.15, 0.2) is 0 Å². The summed E-state index contributed by atoms with van der Waals surface area (Å²) < 4.78 is 44.0. The van der Waals surface area contributed by atoms with E-state index in [9.17, 15) is 18.0 Å². The van der Waals surface area contributed by atoms with E-state index in [2.05, 4.69) is 10.3 Å². The molecule has 1 aliphatic carbocycles. The van der Waals surface area contributed by atoms with Crippen molar-refractivity contribution in [3.8, 4) is 5.75 Å². The third-order valence-corrected chi connectivity index (χ3v) is 5.07. The van der Waals surface area contributed by atoms with Crippen molar-refractivity contribution in [3.05, 3.63) is 40.9 Å². The van der Waals surface area contributed by atoms with Gasteiger partial charge >= 0.3 is 6.18 Å². The Balaban J connectivity index is 2.00. The van der Waals surface area contributed by atoms with Crippen molar-refractivity contribution in [1.29, 1.82) is 0 Å². The average molecular weight is 431 g/mol. The van der Waals surface area contributed by atoms with Crippen LogP contribution in [0.5, 0.6) is 5.75 Å². The van der Waals surface area contributed by atoms with E-state index in [1.54, 1.807) is 31.2 Å². The molecule has 1 fully saturated rings. The number of hydrogen-bond donors (Lipinski definition) is 1. The van der Waals surface area contributed by atoms with E-state index in [0.717, 1.165) is 19.3 Å². The van der Waals surface area contributed by atoms with E-state index in [1.807, 2.05) is 0 Å². The van der Waals surface area contributed by atoms with Crippen molar-refractivity contribution >= 4 is 23.2 Å². The Bertz CT molecular complexity index is 759. The summed E-state index contributed by atoms with van der Waals surface area (Å²) in [5, 5.41) is 3.06. The molecular formula is C21H26ClF3N2O2. The van der Waals surface area contributed by atoms with E-state index >= 15 is 0 Å². The number of hydrogen-bond acceptors (Lipinski definition) is 3. The minimum atomic E-state index is -4.43. The highest BCUT2D eigenvalue weighted by Crippen LogP contribution is 2.36. The highest BCUT2D eigenvalue weighted by molar-refractivity contribution is 6.35. The fourth-order valence-corrected chi connectivity index (χ4v) is 3.30. The summed E-state index contributed by atoms with van der Waals surface area (Å²) >= 11 is 6.18. The zero-order chi connectivity index (χ0) is 21.4. The number of benzene rings is 1. The molecule has 1 atom stereocenters. The van der Waals surface area contributed by atoms with Crippen LogP contribution in [-0.2, 0) is 0 Å². The van der Waals surface area contributed by atoms with Crippen LogP contribution in [0, 0.1) is 11.8 Å². The lowest BCUT2D eigenvalue weighted by Crippen LogP contribution is -2.29. The molecule has 1 aromatic carbocycles. The number of rotatable bonds is 10. The van der Waals surface area contributed by atoms with Gasteiger partial charge < -0.3 is 10.1 Å². The first-order chi connectivity index (χ1) is 13.8. The summed E-state index contributed by atoms with van der Waals surface area (Å²) in [6.07, 6.45) is 1.62. The SMILES string of the molecule is CCN=C(CC=CC(CNC(=O)c1cccc(OC)c1Cl)CC1CC1)C(F)(F)F. The molecule has 0 saturated heterocycles. The molecule has 0 spiro atoms. The molecule has 8 heteroatoms. The lowest BCUT2D eigenvalue weighted by Gasteiger charge is -2.15. The molecule has 1 amide bonds. The van der Waals surface area contributed by atoms with Crippen molar-refractivity contribution in [1.82, 2.24) is 5.32 Å². The molecule has 0 aromatic heterocycles. The van der Waals surface area contributed by atoms with Crippen LogP contribution >= 0.6 is 11.6 Å². The molecule has 160 valence electrons. The molecule has 1 unspecified atom stereocenters. The number of allylic oxidation sites excluding steroid dienone is 1. The van der Waals surface area contributed by atoms with Crippen LogP contribution in [0.3, 0.4) is 0 Å². The Labute approximate surface area is 174 Å². The van der Waals surface area contributed by atoms with Crippen LogP contribution in [-0.4, -0.2) is 38.0 Å². The van der Waals surface area contributed by atoms with Gasteiger partial charge in [-0.1, -0.05) is 42.7 Å². The zero-order valence-corrected chi connectivity index (χ0v) is 17.3. The minimum absolute atomic E-state index is 0.0491. The maximum absolute atomic E-state index is 12.9. The molecule has 4 nitrogen and oxygen atoms in total. The molecule has 0 aliphatic heterocycles. The smallest absolute Gasteiger partial charge is 0.429 e. The molecular weight excluding hydrogens is 405 g/mol. The van der Waals surface area contributed by atoms with Crippen LogP contribution < -0.4 is 10.1 Å². The fourth-order valence-electron chi connectivity index (χ4n) is 3.01. The van der Waals surface area contributed by atoms with Crippen molar-refractivity contribution in [2.45, 2.75) is 38.8 Å². The summed E-state index contributed by atoms with van der Waals surface area (Å²) in [6.45, 7) is 1.99. The van der Waals surface area contributed by atoms with Gasteiger partial charge in [-0.15, -0.1) is 0 Å². The molecule has 1 saturated carbocycles. The van der Waals surface area contributed by atoms with Crippen LogP contribution in [0.4, 0.5) is 13.2 Å². The van der Waals surface area contributed by atoms with Crippen LogP contribution in [0.2, 0.25) is 5.02 Å². The van der Waals surface area contributed by atoms with Gasteiger partial charge in [-0.2, -0.15) is 13.2 Å². The molecule has 1 N–H and O–H groups in total. The minimum Gasteiger partial charge on any atom is -0.495 e. The normalized spacial score (nSPS) is 16.1. The first-order valence-electron chi connectivity index (χ1n) is 9.64. The number of methoxy groups -OCH3 is 1. The molecule has 1 aromatic rings. The monoisotopic (exact) mass is 430 g/mol. The third kappa shape index (κ3) is 7.38. The number of carbonyl (C=O) groups excluding carboxylic acids is 1. The van der Waals surface area contributed by atoms with Gasteiger partial charge in [-0.25, -0.2) is 0 Å². The van der Waals surface area contributed by atoms with Crippen LogP contribution in [0.1, 0.15) is 43.0 Å². The van der Waals surface area contributed by atoms with E-state index in [4.69, 9.17) is 16.3 Å². The number of nitrogens with zero attached hydrogens (tertiary/aromatic N) is 1. The van der Waals surface area contributed by atoms with Gasteiger partial charge in [0.05, 0.1) is 17.7 Å². The first kappa shape index (κ1) is 23.3. The van der Waals surface area contributed by atoms with Crippen molar-refractivity contribution in [3.63, 3.8) is 0 Å². The van der Waals surface area contributed by atoms with Gasteiger partial charge in [0.2, 0.25) is 0 Å². The quantitative estimate of drug-likeness (QED) is 0.395.